The molecule has 1 aliphatic heterocycles. The Bertz CT molecular complexity index is 1300. The second-order valence-electron chi connectivity index (χ2n) is 7.81. The number of benzene rings is 3. The van der Waals surface area contributed by atoms with Crippen LogP contribution >= 0.6 is 11.8 Å². The minimum atomic E-state index is -1.02. The lowest BCUT2D eigenvalue weighted by Gasteiger charge is -2.13. The molecular formula is C27H26N2O4S. The van der Waals surface area contributed by atoms with Crippen LogP contribution in [0.25, 0.3) is 16.8 Å². The number of amides is 1. The zero-order valence-electron chi connectivity index (χ0n) is 19.2. The normalized spacial score (nSPS) is 16.1. The predicted molar refractivity (Wildman–Crippen MR) is 138 cm³/mol. The smallest absolute Gasteiger partial charge is 0.335 e. The summed E-state index contributed by atoms with van der Waals surface area (Å²) in [6.45, 7) is 5.07. The fraction of sp³-hybridized carbons (Fsp3) is 0.222. The van der Waals surface area contributed by atoms with E-state index in [4.69, 9.17) is 4.74 Å². The monoisotopic (exact) mass is 474 g/mol. The van der Waals surface area contributed by atoms with E-state index in [-0.39, 0.29) is 11.5 Å². The Morgan fingerprint density at radius 2 is 1.94 bits per heavy atom. The molecule has 0 atom stereocenters. The van der Waals surface area contributed by atoms with Gasteiger partial charge in [0.25, 0.3) is 5.91 Å². The summed E-state index contributed by atoms with van der Waals surface area (Å²) in [7, 11) is 0. The molecule has 0 bridgehead atoms. The number of carboxylic acid groups (broad SMARTS) is 1. The Hall–Kier alpha value is -3.58. The molecule has 4 rings (SSSR count). The maximum Gasteiger partial charge on any atom is 0.335 e. The van der Waals surface area contributed by atoms with Gasteiger partial charge in [0.1, 0.15) is 5.75 Å². The molecule has 0 unspecified atom stereocenters. The van der Waals surface area contributed by atoms with Crippen LogP contribution in [-0.4, -0.2) is 40.2 Å². The average molecular weight is 475 g/mol. The third kappa shape index (κ3) is 4.99. The first-order valence-corrected chi connectivity index (χ1v) is 12.1. The number of aliphatic imine (C=N–C) groups is 1. The Kier molecular flexibility index (Phi) is 7.33. The Morgan fingerprint density at radius 3 is 2.71 bits per heavy atom. The number of fused-ring (bicyclic) bond motifs is 1. The molecule has 3 aromatic carbocycles. The van der Waals surface area contributed by atoms with E-state index in [9.17, 15) is 14.7 Å². The van der Waals surface area contributed by atoms with Gasteiger partial charge in [-0.2, -0.15) is 0 Å². The highest BCUT2D eigenvalue weighted by atomic mass is 32.2. The second-order valence-corrected chi connectivity index (χ2v) is 8.82. The lowest BCUT2D eigenvalue weighted by Crippen LogP contribution is -2.28. The number of hydrogen-bond acceptors (Lipinski definition) is 5. The maximum atomic E-state index is 13.2. The first kappa shape index (κ1) is 23.6. The van der Waals surface area contributed by atoms with E-state index in [0.29, 0.717) is 28.9 Å². The summed E-state index contributed by atoms with van der Waals surface area (Å²) in [5, 5.41) is 11.9. The maximum absolute atomic E-state index is 13.2. The molecule has 1 aliphatic rings. The SMILES string of the molecule is CCCCOc1ccc2ccccc2c1/C=C1/SC(=Nc2cccc(C(=O)O)c2)N(CC)C1=O. The largest absolute Gasteiger partial charge is 0.493 e. The number of hydrogen-bond donors (Lipinski definition) is 1. The van der Waals surface area contributed by atoms with E-state index in [1.807, 2.05) is 49.4 Å². The van der Waals surface area contributed by atoms with Gasteiger partial charge in [-0.1, -0.05) is 49.7 Å². The molecule has 1 N–H and O–H groups in total. The lowest BCUT2D eigenvalue weighted by molar-refractivity contribution is -0.122. The summed E-state index contributed by atoms with van der Waals surface area (Å²) >= 11 is 1.29. The molecule has 1 fully saturated rings. The Labute approximate surface area is 202 Å². The molecule has 0 saturated carbocycles. The van der Waals surface area contributed by atoms with E-state index in [0.717, 1.165) is 34.9 Å². The molecule has 0 aliphatic carbocycles. The predicted octanol–water partition coefficient (Wildman–Crippen LogP) is 6.34. The van der Waals surface area contributed by atoms with Gasteiger partial charge >= 0.3 is 5.97 Å². The number of carbonyl (C=O) groups excluding carboxylic acids is 1. The molecule has 6 nitrogen and oxygen atoms in total. The van der Waals surface area contributed by atoms with Gasteiger partial charge in [0, 0.05) is 12.1 Å². The number of unbranched alkanes of at least 4 members (excludes halogenated alkanes) is 1. The van der Waals surface area contributed by atoms with Gasteiger partial charge in [-0.3, -0.25) is 9.69 Å². The highest BCUT2D eigenvalue weighted by molar-refractivity contribution is 8.18. The third-order valence-corrected chi connectivity index (χ3v) is 6.49. The quantitative estimate of drug-likeness (QED) is 0.304. The molecule has 3 aromatic rings. The van der Waals surface area contributed by atoms with Crippen molar-refractivity contribution in [3.8, 4) is 5.75 Å². The number of nitrogens with zero attached hydrogens (tertiary/aromatic N) is 2. The van der Waals surface area contributed by atoms with Crippen LogP contribution in [-0.2, 0) is 4.79 Å². The van der Waals surface area contributed by atoms with Crippen LogP contribution in [0, 0.1) is 0 Å². The van der Waals surface area contributed by atoms with E-state index in [1.165, 1.54) is 23.9 Å². The molecule has 0 spiro atoms. The summed E-state index contributed by atoms with van der Waals surface area (Å²) in [6.07, 6.45) is 3.87. The first-order valence-electron chi connectivity index (χ1n) is 11.3. The van der Waals surface area contributed by atoms with Crippen LogP contribution in [0.1, 0.15) is 42.6 Å². The lowest BCUT2D eigenvalue weighted by atomic mass is 10.0. The van der Waals surface area contributed by atoms with Crippen LogP contribution in [0.3, 0.4) is 0 Å². The van der Waals surface area contributed by atoms with Crippen molar-refractivity contribution in [2.75, 3.05) is 13.2 Å². The molecule has 174 valence electrons. The fourth-order valence-electron chi connectivity index (χ4n) is 3.70. The van der Waals surface area contributed by atoms with E-state index >= 15 is 0 Å². The first-order chi connectivity index (χ1) is 16.5. The minimum Gasteiger partial charge on any atom is -0.493 e. The number of likely N-dealkylation sites (N-methyl/N-ethyl adjacent to an activating group) is 1. The number of aromatic carboxylic acids is 1. The number of thioether (sulfide) groups is 1. The highest BCUT2D eigenvalue weighted by Crippen LogP contribution is 2.38. The van der Waals surface area contributed by atoms with Crippen molar-refractivity contribution in [3.63, 3.8) is 0 Å². The second kappa shape index (κ2) is 10.6. The van der Waals surface area contributed by atoms with E-state index < -0.39 is 5.97 Å². The van der Waals surface area contributed by atoms with Crippen LogP contribution in [0.2, 0.25) is 0 Å². The topological polar surface area (TPSA) is 79.2 Å². The summed E-state index contributed by atoms with van der Waals surface area (Å²) in [6, 6.07) is 18.4. The summed E-state index contributed by atoms with van der Waals surface area (Å²) in [4.78, 5) is 31.3. The summed E-state index contributed by atoms with van der Waals surface area (Å²) in [5.41, 5.74) is 1.51. The number of ether oxygens (including phenoxy) is 1. The molecule has 1 amide bonds. The van der Waals surface area contributed by atoms with Gasteiger partial charge in [-0.25, -0.2) is 9.79 Å². The fourth-order valence-corrected chi connectivity index (χ4v) is 4.74. The molecule has 0 radical (unpaired) electrons. The zero-order chi connectivity index (χ0) is 24.1. The summed E-state index contributed by atoms with van der Waals surface area (Å²) < 4.78 is 6.08. The van der Waals surface area contributed by atoms with Crippen LogP contribution < -0.4 is 4.74 Å². The zero-order valence-corrected chi connectivity index (χ0v) is 20.0. The van der Waals surface area contributed by atoms with Gasteiger partial charge in [-0.05, 0) is 66.2 Å². The summed E-state index contributed by atoms with van der Waals surface area (Å²) in [5.74, 6) is -0.402. The van der Waals surface area contributed by atoms with Crippen molar-refractivity contribution >= 4 is 51.3 Å². The molecule has 1 saturated heterocycles. The Morgan fingerprint density at radius 1 is 1.12 bits per heavy atom. The van der Waals surface area contributed by atoms with Gasteiger partial charge in [-0.15, -0.1) is 0 Å². The number of carboxylic acids is 1. The van der Waals surface area contributed by atoms with Crippen molar-refractivity contribution in [1.29, 1.82) is 0 Å². The number of amidine groups is 1. The molecule has 34 heavy (non-hydrogen) atoms. The van der Waals surface area contributed by atoms with Gasteiger partial charge in [0.05, 0.1) is 22.8 Å². The molecule has 0 aromatic heterocycles. The van der Waals surface area contributed by atoms with Crippen LogP contribution in [0.4, 0.5) is 5.69 Å². The van der Waals surface area contributed by atoms with E-state index in [1.54, 1.807) is 17.0 Å². The average Bonchev–Trinajstić information content (AvgIpc) is 3.14. The third-order valence-electron chi connectivity index (χ3n) is 5.48. The Balaban J connectivity index is 1.75. The molecule has 1 heterocycles. The van der Waals surface area contributed by atoms with Crippen LogP contribution in [0.15, 0.2) is 70.6 Å². The standard InChI is InChI=1S/C27H26N2O4S/c1-3-5-15-33-23-14-13-18-9-6-7-12-21(18)22(23)17-24-25(30)29(4-2)27(34-24)28-20-11-8-10-19(16-20)26(31)32/h6-14,16-17H,3-5,15H2,1-2H3,(H,31,32)/b24-17+,28-27?. The van der Waals surface area contributed by atoms with Crippen molar-refractivity contribution in [2.24, 2.45) is 4.99 Å². The van der Waals surface area contributed by atoms with Crippen molar-refractivity contribution in [1.82, 2.24) is 4.90 Å². The van der Waals surface area contributed by atoms with Crippen LogP contribution in [0.5, 0.6) is 5.75 Å². The van der Waals surface area contributed by atoms with Crippen molar-refractivity contribution in [3.05, 3.63) is 76.7 Å². The van der Waals surface area contributed by atoms with Crippen molar-refractivity contribution in [2.45, 2.75) is 26.7 Å². The highest BCUT2D eigenvalue weighted by Gasteiger charge is 2.32. The van der Waals surface area contributed by atoms with Gasteiger partial charge in [0.2, 0.25) is 0 Å². The van der Waals surface area contributed by atoms with E-state index in [2.05, 4.69) is 11.9 Å². The number of carbonyl (C=O) groups is 2. The van der Waals surface area contributed by atoms with Gasteiger partial charge in [0.15, 0.2) is 5.17 Å². The van der Waals surface area contributed by atoms with Gasteiger partial charge < -0.3 is 9.84 Å². The van der Waals surface area contributed by atoms with Crippen molar-refractivity contribution < 1.29 is 19.4 Å². The molecular weight excluding hydrogens is 448 g/mol. The molecule has 7 heteroatoms. The number of rotatable bonds is 8. The minimum absolute atomic E-state index is 0.131.